The highest BCUT2D eigenvalue weighted by atomic mass is 16.3. The summed E-state index contributed by atoms with van der Waals surface area (Å²) in [7, 11) is 0. The van der Waals surface area contributed by atoms with Crippen molar-refractivity contribution in [2.24, 2.45) is 0 Å². The van der Waals surface area contributed by atoms with E-state index in [2.05, 4.69) is 0 Å². The van der Waals surface area contributed by atoms with E-state index in [0.29, 0.717) is 0 Å². The van der Waals surface area contributed by atoms with Crippen LogP contribution in [0.1, 0.15) is 23.0 Å². The molecule has 2 heteroatoms. The molecule has 0 aromatic heterocycles. The molecule has 2 unspecified atom stereocenters. The van der Waals surface area contributed by atoms with Gasteiger partial charge >= 0.3 is 0 Å². The van der Waals surface area contributed by atoms with Crippen molar-refractivity contribution in [3.8, 4) is 0 Å². The van der Waals surface area contributed by atoms with Crippen LogP contribution in [0.25, 0.3) is 0 Å². The molecule has 0 radical (unpaired) electrons. The van der Waals surface area contributed by atoms with Gasteiger partial charge in [-0.05, 0) is 11.1 Å². The fraction of sp³-hybridized carbons (Fsp3) is 0.333. The standard InChI is InChI=1S/C12H12O2/c13-9-5-6-10(14)12-8-4-2-1-3-7(8)11(9)12/h1-6,9-14H/t9?,10?,11-,12+. The molecule has 2 nitrogen and oxygen atoms in total. The van der Waals surface area contributed by atoms with E-state index in [4.69, 9.17) is 0 Å². The maximum Gasteiger partial charge on any atom is 0.0797 e. The summed E-state index contributed by atoms with van der Waals surface area (Å²) in [5.41, 5.74) is 2.38. The van der Waals surface area contributed by atoms with Gasteiger partial charge in [0, 0.05) is 11.8 Å². The van der Waals surface area contributed by atoms with Crippen molar-refractivity contribution >= 4 is 0 Å². The Bertz CT molecular complexity index is 360. The van der Waals surface area contributed by atoms with E-state index in [1.807, 2.05) is 24.3 Å². The van der Waals surface area contributed by atoms with Crippen molar-refractivity contribution in [2.45, 2.75) is 24.0 Å². The van der Waals surface area contributed by atoms with Crippen LogP contribution in [0.5, 0.6) is 0 Å². The Morgan fingerprint density at radius 3 is 1.64 bits per heavy atom. The van der Waals surface area contributed by atoms with E-state index in [1.165, 1.54) is 11.1 Å². The van der Waals surface area contributed by atoms with E-state index < -0.39 is 12.2 Å². The fourth-order valence-corrected chi connectivity index (χ4v) is 2.67. The highest BCUT2D eigenvalue weighted by molar-refractivity contribution is 5.49. The number of aliphatic hydroxyl groups excluding tert-OH is 2. The molecule has 4 atom stereocenters. The number of aliphatic hydroxyl groups is 2. The largest absolute Gasteiger partial charge is 0.388 e. The Kier molecular flexibility index (Phi) is 1.58. The second kappa shape index (κ2) is 2.69. The molecular formula is C12H12O2. The molecule has 0 saturated heterocycles. The summed E-state index contributed by atoms with van der Waals surface area (Å²) in [6.45, 7) is 0. The third-order valence-corrected chi connectivity index (χ3v) is 3.34. The third-order valence-electron chi connectivity index (χ3n) is 3.34. The monoisotopic (exact) mass is 188 g/mol. The van der Waals surface area contributed by atoms with Crippen LogP contribution in [0.15, 0.2) is 36.4 Å². The minimum atomic E-state index is -0.432. The number of rotatable bonds is 0. The summed E-state index contributed by atoms with van der Waals surface area (Å²) in [6, 6.07) is 8.02. The van der Waals surface area contributed by atoms with E-state index in [0.717, 1.165) is 0 Å². The van der Waals surface area contributed by atoms with Crippen molar-refractivity contribution in [3.63, 3.8) is 0 Å². The second-order valence-electron chi connectivity index (χ2n) is 4.05. The minimum Gasteiger partial charge on any atom is -0.388 e. The second-order valence-corrected chi connectivity index (χ2v) is 4.05. The van der Waals surface area contributed by atoms with Gasteiger partial charge in [0.25, 0.3) is 0 Å². The molecule has 1 aromatic rings. The molecule has 72 valence electrons. The van der Waals surface area contributed by atoms with Gasteiger partial charge in [-0.1, -0.05) is 36.4 Å². The smallest absolute Gasteiger partial charge is 0.0797 e. The predicted octanol–water partition coefficient (Wildman–Crippen LogP) is 1.16. The maximum absolute atomic E-state index is 9.77. The molecule has 0 bridgehead atoms. The van der Waals surface area contributed by atoms with Gasteiger partial charge in [-0.25, -0.2) is 0 Å². The van der Waals surface area contributed by atoms with Crippen LogP contribution < -0.4 is 0 Å². The lowest BCUT2D eigenvalue weighted by Crippen LogP contribution is -2.41. The average Bonchev–Trinajstić information content (AvgIpc) is 2.16. The topological polar surface area (TPSA) is 40.5 Å². The van der Waals surface area contributed by atoms with Gasteiger partial charge < -0.3 is 10.2 Å². The van der Waals surface area contributed by atoms with Crippen molar-refractivity contribution < 1.29 is 10.2 Å². The van der Waals surface area contributed by atoms with Crippen LogP contribution in [-0.4, -0.2) is 22.4 Å². The van der Waals surface area contributed by atoms with Crippen LogP contribution in [0.3, 0.4) is 0 Å². The Labute approximate surface area is 82.5 Å². The van der Waals surface area contributed by atoms with Gasteiger partial charge in [-0.3, -0.25) is 0 Å². The average molecular weight is 188 g/mol. The lowest BCUT2D eigenvalue weighted by molar-refractivity contribution is 0.0851. The lowest BCUT2D eigenvalue weighted by atomic mass is 9.61. The third kappa shape index (κ3) is 0.873. The fourth-order valence-electron chi connectivity index (χ4n) is 2.67. The molecule has 0 saturated carbocycles. The highest BCUT2D eigenvalue weighted by Gasteiger charge is 2.45. The molecule has 3 rings (SSSR count). The molecule has 0 aliphatic heterocycles. The normalized spacial score (nSPS) is 38.4. The Balaban J connectivity index is 2.10. The molecule has 0 amide bonds. The summed E-state index contributed by atoms with van der Waals surface area (Å²) in [4.78, 5) is 0. The summed E-state index contributed by atoms with van der Waals surface area (Å²) < 4.78 is 0. The summed E-state index contributed by atoms with van der Waals surface area (Å²) in [5, 5.41) is 19.5. The molecule has 2 N–H and O–H groups in total. The van der Waals surface area contributed by atoms with Gasteiger partial charge in [0.1, 0.15) is 0 Å². The van der Waals surface area contributed by atoms with Gasteiger partial charge in [0.15, 0.2) is 0 Å². The molecule has 2 aliphatic rings. The molecular weight excluding hydrogens is 176 g/mol. The number of hydrogen-bond acceptors (Lipinski definition) is 2. The summed E-state index contributed by atoms with van der Waals surface area (Å²) in [5.74, 6) is 0.206. The summed E-state index contributed by atoms with van der Waals surface area (Å²) >= 11 is 0. The number of hydrogen-bond donors (Lipinski definition) is 2. The Morgan fingerprint density at radius 1 is 0.786 bits per heavy atom. The van der Waals surface area contributed by atoms with Crippen molar-refractivity contribution in [2.75, 3.05) is 0 Å². The number of benzene rings is 1. The molecule has 14 heavy (non-hydrogen) atoms. The summed E-state index contributed by atoms with van der Waals surface area (Å²) in [6.07, 6.45) is 2.53. The number of fused-ring (bicyclic) bond motifs is 4. The molecule has 1 aromatic carbocycles. The zero-order chi connectivity index (χ0) is 9.71. The van der Waals surface area contributed by atoms with E-state index in [9.17, 15) is 10.2 Å². The van der Waals surface area contributed by atoms with E-state index in [1.54, 1.807) is 12.2 Å². The van der Waals surface area contributed by atoms with Crippen LogP contribution in [0, 0.1) is 0 Å². The van der Waals surface area contributed by atoms with Crippen LogP contribution in [0.2, 0.25) is 0 Å². The van der Waals surface area contributed by atoms with Gasteiger partial charge in [0.2, 0.25) is 0 Å². The Morgan fingerprint density at radius 2 is 1.21 bits per heavy atom. The maximum atomic E-state index is 9.77. The van der Waals surface area contributed by atoms with Crippen molar-refractivity contribution in [1.82, 2.24) is 0 Å². The zero-order valence-electron chi connectivity index (χ0n) is 7.67. The van der Waals surface area contributed by atoms with Crippen LogP contribution in [-0.2, 0) is 0 Å². The molecule has 0 fully saturated rings. The first kappa shape index (κ1) is 8.21. The SMILES string of the molecule is OC1C=CC(O)[C@@H]2c3ccccc3[C@H]12. The van der Waals surface area contributed by atoms with Crippen molar-refractivity contribution in [1.29, 1.82) is 0 Å². The van der Waals surface area contributed by atoms with Crippen molar-refractivity contribution in [3.05, 3.63) is 47.5 Å². The van der Waals surface area contributed by atoms with Crippen LogP contribution in [0.4, 0.5) is 0 Å². The van der Waals surface area contributed by atoms with E-state index >= 15 is 0 Å². The van der Waals surface area contributed by atoms with Gasteiger partial charge in [-0.15, -0.1) is 0 Å². The molecule has 0 spiro atoms. The predicted molar refractivity (Wildman–Crippen MR) is 53.1 cm³/mol. The lowest BCUT2D eigenvalue weighted by Gasteiger charge is -2.45. The van der Waals surface area contributed by atoms with E-state index in [-0.39, 0.29) is 11.8 Å². The zero-order valence-corrected chi connectivity index (χ0v) is 7.67. The first-order valence-corrected chi connectivity index (χ1v) is 4.92. The first-order chi connectivity index (χ1) is 6.79. The molecule has 2 aliphatic carbocycles. The quantitative estimate of drug-likeness (QED) is 0.600. The van der Waals surface area contributed by atoms with Gasteiger partial charge in [-0.2, -0.15) is 0 Å². The first-order valence-electron chi connectivity index (χ1n) is 4.92. The van der Waals surface area contributed by atoms with Crippen LogP contribution >= 0.6 is 0 Å². The Hall–Kier alpha value is -1.12. The minimum absolute atomic E-state index is 0.103. The van der Waals surface area contributed by atoms with Gasteiger partial charge in [0.05, 0.1) is 12.2 Å². The molecule has 0 heterocycles. The highest BCUT2D eigenvalue weighted by Crippen LogP contribution is 2.52.